The topological polar surface area (TPSA) is 92.4 Å². The van der Waals surface area contributed by atoms with Crippen LogP contribution in [0.3, 0.4) is 0 Å². The first kappa shape index (κ1) is 18.0. The van der Waals surface area contributed by atoms with Gasteiger partial charge < -0.3 is 14.2 Å². The van der Waals surface area contributed by atoms with E-state index in [9.17, 15) is 10.1 Å². The van der Waals surface area contributed by atoms with Crippen molar-refractivity contribution in [1.29, 1.82) is 10.7 Å². The van der Waals surface area contributed by atoms with Crippen LogP contribution in [0.4, 0.5) is 0 Å². The molecule has 0 fully saturated rings. The summed E-state index contributed by atoms with van der Waals surface area (Å²) in [6.07, 6.45) is 1.77. The van der Waals surface area contributed by atoms with Gasteiger partial charge in [-0.25, -0.2) is 0 Å². The van der Waals surface area contributed by atoms with E-state index in [0.29, 0.717) is 55.3 Å². The van der Waals surface area contributed by atoms with Crippen LogP contribution >= 0.6 is 0 Å². The molecule has 1 aliphatic carbocycles. The van der Waals surface area contributed by atoms with E-state index in [1.165, 1.54) is 0 Å². The molecule has 6 heteroatoms. The second kappa shape index (κ2) is 7.61. The summed E-state index contributed by atoms with van der Waals surface area (Å²) in [4.78, 5) is 12.6. The van der Waals surface area contributed by atoms with Crippen molar-refractivity contribution in [2.24, 2.45) is 5.92 Å². The summed E-state index contributed by atoms with van der Waals surface area (Å²) >= 11 is 0. The predicted molar refractivity (Wildman–Crippen MR) is 95.3 cm³/mol. The Bertz CT molecular complexity index is 807. The summed E-state index contributed by atoms with van der Waals surface area (Å²) < 4.78 is 16.8. The van der Waals surface area contributed by atoms with Gasteiger partial charge in [0.05, 0.1) is 19.3 Å². The van der Waals surface area contributed by atoms with Crippen LogP contribution < -0.4 is 9.47 Å². The van der Waals surface area contributed by atoms with Crippen LogP contribution in [0.5, 0.6) is 11.5 Å². The first-order valence-corrected chi connectivity index (χ1v) is 8.92. The molecule has 136 valence electrons. The summed E-state index contributed by atoms with van der Waals surface area (Å²) in [5.41, 5.74) is 1.30. The number of nitrogens with zero attached hydrogens (tertiary/aromatic N) is 1. The number of nitrogens with one attached hydrogen (secondary N) is 1. The molecule has 1 aromatic rings. The molecule has 2 atom stereocenters. The van der Waals surface area contributed by atoms with Crippen molar-refractivity contribution in [3.05, 3.63) is 35.1 Å². The molecule has 1 heterocycles. The molecule has 3 rings (SSSR count). The molecule has 1 N–H and O–H groups in total. The number of carbonyl (C=O) groups excluding carboxylic acids is 1. The Balaban J connectivity index is 2.12. The van der Waals surface area contributed by atoms with E-state index in [1.807, 2.05) is 26.0 Å². The lowest BCUT2D eigenvalue weighted by Gasteiger charge is -2.34. The smallest absolute Gasteiger partial charge is 0.205 e. The van der Waals surface area contributed by atoms with Gasteiger partial charge in [-0.1, -0.05) is 6.07 Å². The minimum atomic E-state index is -0.830. The van der Waals surface area contributed by atoms with E-state index < -0.39 is 11.8 Å². The highest BCUT2D eigenvalue weighted by molar-refractivity contribution is 6.01. The molecule has 0 bridgehead atoms. The lowest BCUT2D eigenvalue weighted by atomic mass is 9.74. The summed E-state index contributed by atoms with van der Waals surface area (Å²) in [5.74, 6) is 0.287. The van der Waals surface area contributed by atoms with Gasteiger partial charge >= 0.3 is 0 Å². The number of benzene rings is 1. The molecule has 0 radical (unpaired) electrons. The van der Waals surface area contributed by atoms with Gasteiger partial charge in [-0.2, -0.15) is 5.26 Å². The van der Waals surface area contributed by atoms with Crippen LogP contribution in [-0.2, 0) is 9.53 Å². The Morgan fingerprint density at radius 3 is 2.65 bits per heavy atom. The van der Waals surface area contributed by atoms with E-state index >= 15 is 0 Å². The third kappa shape index (κ3) is 3.17. The van der Waals surface area contributed by atoms with Gasteiger partial charge in [0, 0.05) is 24.3 Å². The number of allylic oxidation sites excluding steroid dienone is 2. The fourth-order valence-electron chi connectivity index (χ4n) is 3.55. The SMILES string of the molecule is CCOc1ccc(C2C3=C(CCCC3=O)OC(=N)C2C#N)cc1OCC. The van der Waals surface area contributed by atoms with E-state index in [-0.39, 0.29) is 11.7 Å². The third-order valence-electron chi connectivity index (χ3n) is 4.63. The zero-order valence-corrected chi connectivity index (χ0v) is 15.0. The van der Waals surface area contributed by atoms with E-state index in [4.69, 9.17) is 19.6 Å². The molecule has 2 aliphatic rings. The zero-order valence-electron chi connectivity index (χ0n) is 15.0. The van der Waals surface area contributed by atoms with Crippen LogP contribution in [0.1, 0.15) is 44.6 Å². The molecule has 0 amide bonds. The van der Waals surface area contributed by atoms with Gasteiger partial charge in [-0.05, 0) is 38.0 Å². The second-order valence-electron chi connectivity index (χ2n) is 6.24. The van der Waals surface area contributed by atoms with E-state index in [2.05, 4.69) is 6.07 Å². The summed E-state index contributed by atoms with van der Waals surface area (Å²) in [7, 11) is 0. The molecule has 0 aromatic heterocycles. The van der Waals surface area contributed by atoms with Crippen molar-refractivity contribution < 1.29 is 19.0 Å². The molecule has 6 nitrogen and oxygen atoms in total. The summed E-state index contributed by atoms with van der Waals surface area (Å²) in [6.45, 7) is 4.76. The first-order chi connectivity index (χ1) is 12.6. The average Bonchev–Trinajstić information content (AvgIpc) is 2.62. The lowest BCUT2D eigenvalue weighted by Crippen LogP contribution is -2.34. The molecule has 0 saturated carbocycles. The van der Waals surface area contributed by atoms with Gasteiger partial charge in [0.25, 0.3) is 0 Å². The number of nitriles is 1. The van der Waals surface area contributed by atoms with Gasteiger partial charge in [-0.3, -0.25) is 10.2 Å². The average molecular weight is 354 g/mol. The Labute approximate surface area is 152 Å². The minimum absolute atomic E-state index is 0.00385. The Hall–Kier alpha value is -2.81. The molecule has 1 aromatic carbocycles. The highest BCUT2D eigenvalue weighted by Gasteiger charge is 2.42. The highest BCUT2D eigenvalue weighted by Crippen LogP contribution is 2.45. The van der Waals surface area contributed by atoms with Crippen molar-refractivity contribution in [3.63, 3.8) is 0 Å². The van der Waals surface area contributed by atoms with Crippen LogP contribution in [0.25, 0.3) is 0 Å². The second-order valence-corrected chi connectivity index (χ2v) is 6.24. The van der Waals surface area contributed by atoms with E-state index in [1.54, 1.807) is 6.07 Å². The lowest BCUT2D eigenvalue weighted by molar-refractivity contribution is -0.116. The van der Waals surface area contributed by atoms with Crippen molar-refractivity contribution in [1.82, 2.24) is 0 Å². The number of carbonyl (C=O) groups is 1. The fraction of sp³-hybridized carbons (Fsp3) is 0.450. The minimum Gasteiger partial charge on any atom is -0.490 e. The standard InChI is InChI=1S/C20H22N2O4/c1-3-24-15-9-8-12(10-17(15)25-4-2)18-13(11-21)20(22)26-16-7-5-6-14(23)19(16)18/h8-10,13,18,22H,3-7H2,1-2H3. The number of hydrogen-bond acceptors (Lipinski definition) is 6. The van der Waals surface area contributed by atoms with Crippen LogP contribution in [-0.4, -0.2) is 24.9 Å². The van der Waals surface area contributed by atoms with Crippen LogP contribution in [0.2, 0.25) is 0 Å². The van der Waals surface area contributed by atoms with Crippen LogP contribution in [0.15, 0.2) is 29.5 Å². The zero-order chi connectivity index (χ0) is 18.7. The number of Topliss-reactive ketones (excluding diaryl/α,β-unsaturated/α-hetero) is 1. The first-order valence-electron chi connectivity index (χ1n) is 8.92. The van der Waals surface area contributed by atoms with Crippen molar-refractivity contribution >= 4 is 11.7 Å². The summed E-state index contributed by atoms with van der Waals surface area (Å²) in [6, 6.07) is 7.59. The normalized spacial score (nSPS) is 22.3. The number of ether oxygens (including phenoxy) is 3. The van der Waals surface area contributed by atoms with Gasteiger partial charge in [0.2, 0.25) is 5.90 Å². The largest absolute Gasteiger partial charge is 0.490 e. The predicted octanol–water partition coefficient (Wildman–Crippen LogP) is 3.72. The monoisotopic (exact) mass is 354 g/mol. The van der Waals surface area contributed by atoms with Crippen LogP contribution in [0, 0.1) is 22.7 Å². The Kier molecular flexibility index (Phi) is 5.27. The van der Waals surface area contributed by atoms with Crippen molar-refractivity contribution in [2.75, 3.05) is 13.2 Å². The maximum atomic E-state index is 12.6. The fourth-order valence-corrected chi connectivity index (χ4v) is 3.55. The number of ketones is 1. The Morgan fingerprint density at radius 2 is 1.96 bits per heavy atom. The van der Waals surface area contributed by atoms with Crippen molar-refractivity contribution in [2.45, 2.75) is 39.0 Å². The highest BCUT2D eigenvalue weighted by atomic mass is 16.5. The molecule has 26 heavy (non-hydrogen) atoms. The van der Waals surface area contributed by atoms with Crippen molar-refractivity contribution in [3.8, 4) is 17.6 Å². The van der Waals surface area contributed by atoms with Gasteiger partial charge in [0.1, 0.15) is 11.7 Å². The van der Waals surface area contributed by atoms with Gasteiger partial charge in [0.15, 0.2) is 17.3 Å². The summed E-state index contributed by atoms with van der Waals surface area (Å²) in [5, 5.41) is 17.7. The molecule has 2 unspecified atom stereocenters. The molecule has 1 aliphatic heterocycles. The maximum absolute atomic E-state index is 12.6. The van der Waals surface area contributed by atoms with E-state index in [0.717, 1.165) is 5.56 Å². The quantitative estimate of drug-likeness (QED) is 0.870. The molecular weight excluding hydrogens is 332 g/mol. The maximum Gasteiger partial charge on any atom is 0.205 e. The molecular formula is C20H22N2O4. The van der Waals surface area contributed by atoms with Gasteiger partial charge in [-0.15, -0.1) is 0 Å². The third-order valence-corrected chi connectivity index (χ3v) is 4.63. The molecule has 0 saturated heterocycles. The molecule has 0 spiro atoms. The Morgan fingerprint density at radius 1 is 1.23 bits per heavy atom. The number of hydrogen-bond donors (Lipinski definition) is 1. The number of rotatable bonds is 5.